The Bertz CT molecular complexity index is 68.2. The molecule has 0 spiro atoms. The summed E-state index contributed by atoms with van der Waals surface area (Å²) in [6.07, 6.45) is 0. The van der Waals surface area contributed by atoms with E-state index >= 15 is 0 Å². The molecule has 0 unspecified atom stereocenters. The monoisotopic (exact) mass is 232 g/mol. The van der Waals surface area contributed by atoms with Gasteiger partial charge in [-0.05, 0) is 11.4 Å². The molecule has 1 radical (unpaired) electrons. The SMILES string of the molecule is [Cd].[Cl-].[c]1cccs1. The Kier molecular flexibility index (Phi) is 10.7. The fraction of sp³-hybridized carbons (Fsp3) is 0. The second kappa shape index (κ2) is 6.91. The van der Waals surface area contributed by atoms with Crippen molar-refractivity contribution in [1.29, 1.82) is 0 Å². The Labute approximate surface area is 73.5 Å². The number of rotatable bonds is 0. The minimum atomic E-state index is 0. The standard InChI is InChI=1S/C4H3S.Cd.ClH/c1-2-4-5-3-1;;/h1-3H;;1H/p-1. The summed E-state index contributed by atoms with van der Waals surface area (Å²) in [5.41, 5.74) is 0. The van der Waals surface area contributed by atoms with Crippen molar-refractivity contribution in [1.82, 2.24) is 0 Å². The Morgan fingerprint density at radius 2 is 2.14 bits per heavy atom. The van der Waals surface area contributed by atoms with Crippen molar-refractivity contribution in [2.75, 3.05) is 0 Å². The first kappa shape index (κ1) is 10.8. The predicted molar refractivity (Wildman–Crippen MR) is 23.2 cm³/mol. The molecule has 7 heavy (non-hydrogen) atoms. The van der Waals surface area contributed by atoms with Gasteiger partial charge in [-0.25, -0.2) is 0 Å². The third kappa shape index (κ3) is 4.77. The zero-order valence-corrected chi connectivity index (χ0v) is 9.33. The molecule has 1 aromatic rings. The van der Waals surface area contributed by atoms with Crippen molar-refractivity contribution in [2.24, 2.45) is 0 Å². The van der Waals surface area contributed by atoms with E-state index in [9.17, 15) is 0 Å². The largest absolute Gasteiger partial charge is 1.00 e. The van der Waals surface area contributed by atoms with Crippen LogP contribution < -0.4 is 12.4 Å². The van der Waals surface area contributed by atoms with Crippen LogP contribution in [0.4, 0.5) is 0 Å². The first-order valence-electron chi connectivity index (χ1n) is 1.40. The van der Waals surface area contributed by atoms with Crippen molar-refractivity contribution in [3.8, 4) is 0 Å². The molecule has 0 aliphatic heterocycles. The average Bonchev–Trinajstić information content (AvgIpc) is 1.76. The van der Waals surface area contributed by atoms with Gasteiger partial charge in [-0.1, -0.05) is 6.07 Å². The van der Waals surface area contributed by atoms with E-state index in [4.69, 9.17) is 0 Å². The molecule has 0 aromatic carbocycles. The van der Waals surface area contributed by atoms with Crippen LogP contribution in [0.2, 0.25) is 0 Å². The molecular formula is C4H3CdClS-. The summed E-state index contributed by atoms with van der Waals surface area (Å²) >= 11 is 1.59. The molecule has 0 atom stereocenters. The summed E-state index contributed by atoms with van der Waals surface area (Å²) in [6.45, 7) is 0. The summed E-state index contributed by atoms with van der Waals surface area (Å²) in [6, 6.07) is 3.86. The van der Waals surface area contributed by atoms with Crippen LogP contribution in [0.15, 0.2) is 17.5 Å². The maximum absolute atomic E-state index is 2.90. The maximum atomic E-state index is 2.90. The number of hydrogen-bond donors (Lipinski definition) is 0. The van der Waals surface area contributed by atoms with Gasteiger partial charge in [0, 0.05) is 32.7 Å². The van der Waals surface area contributed by atoms with Gasteiger partial charge in [0.2, 0.25) is 0 Å². The van der Waals surface area contributed by atoms with Gasteiger partial charge in [0.05, 0.1) is 0 Å². The minimum absolute atomic E-state index is 0. The van der Waals surface area contributed by atoms with Crippen LogP contribution in [-0.4, -0.2) is 0 Å². The van der Waals surface area contributed by atoms with Crippen LogP contribution in [-0.2, 0) is 27.3 Å². The van der Waals surface area contributed by atoms with Crippen LogP contribution in [0.5, 0.6) is 0 Å². The summed E-state index contributed by atoms with van der Waals surface area (Å²) in [5, 5.41) is 4.89. The molecule has 0 fully saturated rings. The molecule has 1 aromatic heterocycles. The summed E-state index contributed by atoms with van der Waals surface area (Å²) in [5.74, 6) is 0. The van der Waals surface area contributed by atoms with Gasteiger partial charge in [0.25, 0.3) is 0 Å². The molecule has 0 aliphatic rings. The van der Waals surface area contributed by atoms with Crippen LogP contribution in [0.25, 0.3) is 0 Å². The van der Waals surface area contributed by atoms with Crippen LogP contribution in [0.1, 0.15) is 0 Å². The summed E-state index contributed by atoms with van der Waals surface area (Å²) < 4.78 is 0. The average molecular weight is 231 g/mol. The third-order valence-electron chi connectivity index (χ3n) is 0.379. The first-order chi connectivity index (χ1) is 2.50. The van der Waals surface area contributed by atoms with Gasteiger partial charge in [-0.3, -0.25) is 0 Å². The topological polar surface area (TPSA) is 0 Å². The van der Waals surface area contributed by atoms with E-state index in [2.05, 4.69) is 5.38 Å². The molecule has 0 saturated heterocycles. The Balaban J connectivity index is 0. The van der Waals surface area contributed by atoms with E-state index in [1.165, 1.54) is 0 Å². The van der Waals surface area contributed by atoms with Crippen molar-refractivity contribution in [3.05, 3.63) is 22.9 Å². The molecule has 1 heterocycles. The van der Waals surface area contributed by atoms with Gasteiger partial charge in [0.1, 0.15) is 0 Å². The van der Waals surface area contributed by atoms with Gasteiger partial charge < -0.3 is 12.4 Å². The molecule has 0 N–H and O–H groups in total. The Morgan fingerprint density at radius 1 is 1.43 bits per heavy atom. The maximum Gasteiger partial charge on any atom is 0.0442 e. The summed E-state index contributed by atoms with van der Waals surface area (Å²) in [7, 11) is 0. The molecule has 0 saturated carbocycles. The fourth-order valence-electron chi connectivity index (χ4n) is 0.196. The molecule has 1 rings (SSSR count). The third-order valence-corrected chi connectivity index (χ3v) is 0.944. The zero-order valence-electron chi connectivity index (χ0n) is 3.73. The smallest absolute Gasteiger partial charge is 0.0442 e. The van der Waals surface area contributed by atoms with E-state index in [1.807, 2.05) is 17.5 Å². The van der Waals surface area contributed by atoms with Gasteiger partial charge in [-0.15, -0.1) is 11.3 Å². The van der Waals surface area contributed by atoms with Gasteiger partial charge in [-0.2, -0.15) is 0 Å². The number of halogens is 1. The van der Waals surface area contributed by atoms with E-state index in [0.29, 0.717) is 0 Å². The first-order valence-corrected chi connectivity index (χ1v) is 2.27. The normalized spacial score (nSPS) is 5.71. The van der Waals surface area contributed by atoms with Gasteiger partial charge >= 0.3 is 0 Å². The van der Waals surface area contributed by atoms with Gasteiger partial charge in [0.15, 0.2) is 0 Å². The number of thiophene rings is 1. The Hall–Kier alpha value is 0.912. The van der Waals surface area contributed by atoms with Crippen LogP contribution >= 0.6 is 11.3 Å². The minimum Gasteiger partial charge on any atom is -1.00 e. The van der Waals surface area contributed by atoms with Crippen molar-refractivity contribution >= 4 is 11.3 Å². The second-order valence-corrected chi connectivity index (χ2v) is 1.47. The van der Waals surface area contributed by atoms with Crippen LogP contribution in [0, 0.1) is 5.38 Å². The molecule has 0 amide bonds. The fourth-order valence-corrected chi connectivity index (χ4v) is 0.589. The molecule has 0 aliphatic carbocycles. The molecule has 0 nitrogen and oxygen atoms in total. The Morgan fingerprint density at radius 3 is 2.29 bits per heavy atom. The molecule has 3 heteroatoms. The quantitative estimate of drug-likeness (QED) is 0.479. The van der Waals surface area contributed by atoms with E-state index in [-0.39, 0.29) is 39.7 Å². The van der Waals surface area contributed by atoms with Crippen molar-refractivity contribution < 1.29 is 39.7 Å². The zero-order chi connectivity index (χ0) is 3.54. The summed E-state index contributed by atoms with van der Waals surface area (Å²) in [4.78, 5) is 0. The molecular weight excluding hydrogens is 228 g/mol. The second-order valence-electron chi connectivity index (χ2n) is 0.731. The predicted octanol–water partition coefficient (Wildman–Crippen LogP) is -1.45. The molecule has 0 bridgehead atoms. The van der Waals surface area contributed by atoms with Crippen molar-refractivity contribution in [3.63, 3.8) is 0 Å². The number of hydrogen-bond acceptors (Lipinski definition) is 1. The molecule has 35 valence electrons. The van der Waals surface area contributed by atoms with E-state index < -0.39 is 0 Å². The van der Waals surface area contributed by atoms with E-state index in [0.717, 1.165) is 0 Å². The van der Waals surface area contributed by atoms with Crippen molar-refractivity contribution in [2.45, 2.75) is 0 Å². The van der Waals surface area contributed by atoms with Crippen LogP contribution in [0.3, 0.4) is 0 Å². The van der Waals surface area contributed by atoms with E-state index in [1.54, 1.807) is 11.3 Å².